The van der Waals surface area contributed by atoms with Crippen LogP contribution in [0.4, 0.5) is 0 Å². The summed E-state index contributed by atoms with van der Waals surface area (Å²) in [6.07, 6.45) is 10.2. The maximum absolute atomic E-state index is 13.0. The first kappa shape index (κ1) is 35.5. The molecule has 3 saturated heterocycles. The first-order chi connectivity index (χ1) is 24.6. The van der Waals surface area contributed by atoms with Crippen molar-refractivity contribution in [2.75, 3.05) is 65.6 Å². The van der Waals surface area contributed by atoms with Crippen LogP contribution in [-0.2, 0) is 31.9 Å². The minimum absolute atomic E-state index is 0.103. The Hall–Kier alpha value is -2.86. The van der Waals surface area contributed by atoms with Crippen molar-refractivity contribution in [3.8, 4) is 0 Å². The van der Waals surface area contributed by atoms with Gasteiger partial charge in [0.1, 0.15) is 0 Å². The highest BCUT2D eigenvalue weighted by Gasteiger charge is 2.33. The van der Waals surface area contributed by atoms with Gasteiger partial charge in [0.15, 0.2) is 0 Å². The van der Waals surface area contributed by atoms with Crippen molar-refractivity contribution in [1.82, 2.24) is 31.1 Å². The molecule has 5 aliphatic rings. The number of piperazine rings is 1. The molecule has 0 radical (unpaired) electrons. The van der Waals surface area contributed by atoms with Crippen molar-refractivity contribution in [3.63, 3.8) is 0 Å². The second-order valence-electron chi connectivity index (χ2n) is 15.1. The highest BCUT2D eigenvalue weighted by molar-refractivity contribution is 5.83. The maximum atomic E-state index is 13.0. The third-order valence-corrected chi connectivity index (χ3v) is 11.6. The lowest BCUT2D eigenvalue weighted by molar-refractivity contribution is -0.124. The number of benzene rings is 2. The van der Waals surface area contributed by atoms with Crippen LogP contribution in [0.15, 0.2) is 48.5 Å². The molecule has 6 atom stereocenters. The molecule has 2 aromatic carbocycles. The van der Waals surface area contributed by atoms with Crippen LogP contribution >= 0.6 is 0 Å². The summed E-state index contributed by atoms with van der Waals surface area (Å²) < 4.78 is 12.4. The van der Waals surface area contributed by atoms with Gasteiger partial charge >= 0.3 is 0 Å². The summed E-state index contributed by atoms with van der Waals surface area (Å²) in [6, 6.07) is 16.9. The number of fused-ring (bicyclic) bond motifs is 2. The van der Waals surface area contributed by atoms with Crippen LogP contribution in [0.25, 0.3) is 0 Å². The molecule has 50 heavy (non-hydrogen) atoms. The molecular formula is C40H58N6O4. The maximum Gasteiger partial charge on any atom is 0.237 e. The van der Waals surface area contributed by atoms with Crippen molar-refractivity contribution >= 4 is 11.8 Å². The summed E-state index contributed by atoms with van der Waals surface area (Å²) >= 11 is 0. The number of ether oxygens (including phenoxy) is 2. The lowest BCUT2D eigenvalue weighted by atomic mass is 9.87. The van der Waals surface area contributed by atoms with E-state index in [1.807, 2.05) is 0 Å². The van der Waals surface area contributed by atoms with E-state index in [0.29, 0.717) is 0 Å². The van der Waals surface area contributed by atoms with Gasteiger partial charge in [0.25, 0.3) is 0 Å². The van der Waals surface area contributed by atoms with Crippen LogP contribution in [0.3, 0.4) is 0 Å². The van der Waals surface area contributed by atoms with Gasteiger partial charge in [-0.3, -0.25) is 9.59 Å². The van der Waals surface area contributed by atoms with Crippen LogP contribution in [0.2, 0.25) is 0 Å². The SMILES string of the molecule is O=C(N[C@@H]1CCCc2ccccc21)C1CC(OCCCN2CCN(CCCO[C@@H]3CN[C@H](C(=O)N[C@@H]4CCCc5ccccc54)C3)CC2)CN1. The Bertz CT molecular complexity index is 1310. The van der Waals surface area contributed by atoms with E-state index in [4.69, 9.17) is 9.47 Å². The fourth-order valence-corrected chi connectivity index (χ4v) is 8.73. The smallest absolute Gasteiger partial charge is 0.237 e. The average Bonchev–Trinajstić information content (AvgIpc) is 3.84. The Balaban J connectivity index is 0.705. The van der Waals surface area contributed by atoms with E-state index in [9.17, 15) is 9.59 Å². The average molecular weight is 687 g/mol. The van der Waals surface area contributed by atoms with Gasteiger partial charge in [-0.2, -0.15) is 0 Å². The predicted octanol–water partition coefficient (Wildman–Crippen LogP) is 3.27. The highest BCUT2D eigenvalue weighted by Crippen LogP contribution is 2.31. The number of amides is 2. The van der Waals surface area contributed by atoms with E-state index in [2.05, 4.69) is 79.6 Å². The van der Waals surface area contributed by atoms with E-state index in [1.54, 1.807) is 0 Å². The number of rotatable bonds is 14. The zero-order valence-corrected chi connectivity index (χ0v) is 29.8. The molecule has 0 saturated carbocycles. The molecule has 2 aliphatic carbocycles. The Labute approximate surface area is 298 Å². The first-order valence-electron chi connectivity index (χ1n) is 19.5. The molecule has 0 bridgehead atoms. The predicted molar refractivity (Wildman–Crippen MR) is 195 cm³/mol. The molecule has 3 heterocycles. The molecular weight excluding hydrogens is 628 g/mol. The van der Waals surface area contributed by atoms with E-state index in [1.165, 1.54) is 22.3 Å². The van der Waals surface area contributed by atoms with Crippen molar-refractivity contribution in [3.05, 3.63) is 70.8 Å². The van der Waals surface area contributed by atoms with Crippen LogP contribution in [0.5, 0.6) is 0 Å². The fraction of sp³-hybridized carbons (Fsp3) is 0.650. The highest BCUT2D eigenvalue weighted by atomic mass is 16.5. The fourth-order valence-electron chi connectivity index (χ4n) is 8.73. The summed E-state index contributed by atoms with van der Waals surface area (Å²) in [5.41, 5.74) is 5.30. The Kier molecular flexibility index (Phi) is 12.5. The molecule has 3 fully saturated rings. The van der Waals surface area contributed by atoms with Gasteiger partial charge in [0, 0.05) is 65.6 Å². The summed E-state index contributed by atoms with van der Waals surface area (Å²) in [5.74, 6) is 0.208. The standard InChI is InChI=1S/C40H58N6O4/c47-39(43-35-15-5-11-29-9-1-3-13-33(29)35)37-25-31(27-41-37)49-23-7-17-45-19-21-46(22-20-45)18-8-24-50-32-26-38(42-28-32)40(48)44-36-16-6-12-30-10-2-4-14-34(30)36/h1-4,9-10,13-14,31-32,35-38,41-42H,5-8,11-12,15-28H2,(H,43,47)(H,44,48)/t31-,32?,35+,36+,37-,38?/m0/s1. The van der Waals surface area contributed by atoms with E-state index < -0.39 is 0 Å². The first-order valence-corrected chi connectivity index (χ1v) is 19.5. The van der Waals surface area contributed by atoms with E-state index in [-0.39, 0.29) is 48.2 Å². The number of aryl methyl sites for hydroxylation is 2. The Morgan fingerprint density at radius 3 is 1.56 bits per heavy atom. The third-order valence-electron chi connectivity index (χ3n) is 11.6. The van der Waals surface area contributed by atoms with Crippen molar-refractivity contribution in [2.45, 2.75) is 101 Å². The lowest BCUT2D eigenvalue weighted by Crippen LogP contribution is -2.47. The molecule has 4 N–H and O–H groups in total. The molecule has 7 rings (SSSR count). The molecule has 3 aliphatic heterocycles. The van der Waals surface area contributed by atoms with Crippen LogP contribution in [0, 0.1) is 0 Å². The zero-order chi connectivity index (χ0) is 34.1. The second kappa shape index (κ2) is 17.6. The van der Waals surface area contributed by atoms with Gasteiger partial charge in [-0.1, -0.05) is 48.5 Å². The van der Waals surface area contributed by atoms with Crippen molar-refractivity contribution in [1.29, 1.82) is 0 Å². The third kappa shape index (κ3) is 9.32. The minimum atomic E-state index is -0.170. The Morgan fingerprint density at radius 1 is 0.660 bits per heavy atom. The number of hydrogen-bond donors (Lipinski definition) is 4. The zero-order valence-electron chi connectivity index (χ0n) is 29.8. The molecule has 2 unspecified atom stereocenters. The Morgan fingerprint density at radius 2 is 1.10 bits per heavy atom. The minimum Gasteiger partial charge on any atom is -0.377 e. The number of carbonyl (C=O) groups is 2. The molecule has 272 valence electrons. The van der Waals surface area contributed by atoms with E-state index >= 15 is 0 Å². The quantitative estimate of drug-likeness (QED) is 0.225. The molecule has 2 aromatic rings. The van der Waals surface area contributed by atoms with Gasteiger partial charge in [-0.15, -0.1) is 0 Å². The molecule has 0 spiro atoms. The van der Waals surface area contributed by atoms with Gasteiger partial charge in [-0.05, 0) is 86.5 Å². The molecule has 10 heteroatoms. The summed E-state index contributed by atoms with van der Waals surface area (Å²) in [5, 5.41) is 13.4. The van der Waals surface area contributed by atoms with E-state index in [0.717, 1.165) is 130 Å². The number of nitrogens with zero attached hydrogens (tertiary/aromatic N) is 2. The lowest BCUT2D eigenvalue weighted by Gasteiger charge is -2.34. The largest absolute Gasteiger partial charge is 0.377 e. The molecule has 10 nitrogen and oxygen atoms in total. The normalized spacial score (nSPS) is 28.6. The number of carbonyl (C=O) groups excluding carboxylic acids is 2. The van der Waals surface area contributed by atoms with Crippen LogP contribution in [-0.4, -0.2) is 111 Å². The summed E-state index contributed by atoms with van der Waals surface area (Å²) in [4.78, 5) is 31.2. The molecule has 2 amide bonds. The van der Waals surface area contributed by atoms with Crippen molar-refractivity contribution < 1.29 is 19.1 Å². The van der Waals surface area contributed by atoms with Crippen LogP contribution in [0.1, 0.15) is 85.7 Å². The summed E-state index contributed by atoms with van der Waals surface area (Å²) in [6.45, 7) is 9.43. The van der Waals surface area contributed by atoms with Gasteiger partial charge in [-0.25, -0.2) is 0 Å². The monoisotopic (exact) mass is 686 g/mol. The van der Waals surface area contributed by atoms with Gasteiger partial charge < -0.3 is 40.5 Å². The topological polar surface area (TPSA) is 107 Å². The van der Waals surface area contributed by atoms with Gasteiger partial charge in [0.2, 0.25) is 11.8 Å². The van der Waals surface area contributed by atoms with Crippen LogP contribution < -0.4 is 21.3 Å². The number of hydrogen-bond acceptors (Lipinski definition) is 8. The number of nitrogens with one attached hydrogen (secondary N) is 4. The summed E-state index contributed by atoms with van der Waals surface area (Å²) in [7, 11) is 0. The van der Waals surface area contributed by atoms with Gasteiger partial charge in [0.05, 0.1) is 36.4 Å². The molecule has 0 aromatic heterocycles. The second-order valence-corrected chi connectivity index (χ2v) is 15.1. The van der Waals surface area contributed by atoms with Crippen molar-refractivity contribution in [2.24, 2.45) is 0 Å².